The number of esters is 1. The molecule has 15 heavy (non-hydrogen) atoms. The number of hydrogen-bond acceptors (Lipinski definition) is 2. The summed E-state index contributed by atoms with van der Waals surface area (Å²) in [7, 11) is 0. The maximum absolute atomic E-state index is 11.6. The van der Waals surface area contributed by atoms with Crippen molar-refractivity contribution >= 4 is 5.97 Å². The topological polar surface area (TPSA) is 31.2 Å². The molecule has 0 fully saturated rings. The van der Waals surface area contributed by atoms with Crippen molar-refractivity contribution in [1.29, 1.82) is 0 Å². The van der Waals surface area contributed by atoms with Crippen LogP contribution in [0.1, 0.15) is 45.0 Å². The van der Waals surface area contributed by atoms with E-state index in [0.717, 1.165) is 0 Å². The number of nitrogens with zero attached hydrogens (tertiary/aromatic N) is 1. The molecule has 84 valence electrons. The third-order valence-electron chi connectivity index (χ3n) is 2.05. The Morgan fingerprint density at radius 2 is 2.00 bits per heavy atom. The Balaban J connectivity index is 2.81. The van der Waals surface area contributed by atoms with Gasteiger partial charge in [0.05, 0.1) is 11.7 Å². The quantitative estimate of drug-likeness (QED) is 0.701. The van der Waals surface area contributed by atoms with E-state index in [4.69, 9.17) is 4.74 Å². The summed E-state index contributed by atoms with van der Waals surface area (Å²) >= 11 is 0. The number of rotatable bonds is 2. The van der Waals surface area contributed by atoms with Crippen LogP contribution in [-0.4, -0.2) is 16.6 Å². The van der Waals surface area contributed by atoms with Crippen LogP contribution < -0.4 is 0 Å². The highest BCUT2D eigenvalue weighted by Gasteiger charge is 2.16. The fourth-order valence-corrected chi connectivity index (χ4v) is 1.22. The fourth-order valence-electron chi connectivity index (χ4n) is 1.22. The van der Waals surface area contributed by atoms with Gasteiger partial charge < -0.3 is 9.30 Å². The SMILES string of the molecule is CC(C)OC(=O)c1ccn(C(C)(C)C)c1. The van der Waals surface area contributed by atoms with Crippen LogP contribution in [0.25, 0.3) is 0 Å². The molecule has 1 rings (SSSR count). The Morgan fingerprint density at radius 3 is 2.40 bits per heavy atom. The van der Waals surface area contributed by atoms with Crippen molar-refractivity contribution in [1.82, 2.24) is 4.57 Å². The summed E-state index contributed by atoms with van der Waals surface area (Å²) in [6.45, 7) is 9.96. The lowest BCUT2D eigenvalue weighted by Gasteiger charge is -2.20. The van der Waals surface area contributed by atoms with Gasteiger partial charge in [-0.2, -0.15) is 0 Å². The number of carbonyl (C=O) groups is 1. The van der Waals surface area contributed by atoms with Crippen molar-refractivity contribution in [3.8, 4) is 0 Å². The maximum Gasteiger partial charge on any atom is 0.339 e. The third-order valence-corrected chi connectivity index (χ3v) is 2.05. The average Bonchev–Trinajstić information content (AvgIpc) is 2.48. The molecule has 0 atom stereocenters. The lowest BCUT2D eigenvalue weighted by molar-refractivity contribution is 0.0378. The zero-order chi connectivity index (χ0) is 11.6. The van der Waals surface area contributed by atoms with Crippen molar-refractivity contribution in [3.63, 3.8) is 0 Å². The lowest BCUT2D eigenvalue weighted by Crippen LogP contribution is -2.20. The highest BCUT2D eigenvalue weighted by molar-refractivity contribution is 5.89. The van der Waals surface area contributed by atoms with E-state index in [9.17, 15) is 4.79 Å². The second kappa shape index (κ2) is 4.09. The third kappa shape index (κ3) is 3.11. The molecule has 1 heterocycles. The zero-order valence-electron chi connectivity index (χ0n) is 10.1. The van der Waals surface area contributed by atoms with E-state index in [1.165, 1.54) is 0 Å². The van der Waals surface area contributed by atoms with Gasteiger partial charge in [0.15, 0.2) is 0 Å². The molecule has 3 nitrogen and oxygen atoms in total. The van der Waals surface area contributed by atoms with Crippen LogP contribution in [0.4, 0.5) is 0 Å². The highest BCUT2D eigenvalue weighted by atomic mass is 16.5. The van der Waals surface area contributed by atoms with E-state index >= 15 is 0 Å². The second-order valence-corrected chi connectivity index (χ2v) is 4.93. The minimum absolute atomic E-state index is 0.00361. The summed E-state index contributed by atoms with van der Waals surface area (Å²) in [6.07, 6.45) is 3.65. The molecule has 0 unspecified atom stereocenters. The smallest absolute Gasteiger partial charge is 0.339 e. The van der Waals surface area contributed by atoms with E-state index in [-0.39, 0.29) is 17.6 Å². The van der Waals surface area contributed by atoms with Gasteiger partial charge in [-0.15, -0.1) is 0 Å². The predicted molar refractivity (Wildman–Crippen MR) is 60.0 cm³/mol. The van der Waals surface area contributed by atoms with Gasteiger partial charge in [0.2, 0.25) is 0 Å². The Bertz CT molecular complexity index is 345. The number of ether oxygens (including phenoxy) is 1. The van der Waals surface area contributed by atoms with Gasteiger partial charge in [0.1, 0.15) is 0 Å². The standard InChI is InChI=1S/C12H19NO2/c1-9(2)15-11(14)10-6-7-13(8-10)12(3,4)5/h6-9H,1-5H3. The van der Waals surface area contributed by atoms with Crippen LogP contribution >= 0.6 is 0 Å². The van der Waals surface area contributed by atoms with Crippen molar-refractivity contribution in [3.05, 3.63) is 24.0 Å². The van der Waals surface area contributed by atoms with Gasteiger partial charge in [-0.3, -0.25) is 0 Å². The predicted octanol–water partition coefficient (Wildman–Crippen LogP) is 2.81. The Morgan fingerprint density at radius 1 is 1.40 bits per heavy atom. The molecule has 0 aliphatic carbocycles. The second-order valence-electron chi connectivity index (χ2n) is 4.93. The van der Waals surface area contributed by atoms with E-state index in [0.29, 0.717) is 5.56 Å². The lowest BCUT2D eigenvalue weighted by atomic mass is 10.1. The van der Waals surface area contributed by atoms with E-state index in [1.807, 2.05) is 30.8 Å². The van der Waals surface area contributed by atoms with E-state index in [2.05, 4.69) is 20.8 Å². The van der Waals surface area contributed by atoms with Crippen LogP contribution in [0.5, 0.6) is 0 Å². The molecule has 0 saturated carbocycles. The average molecular weight is 209 g/mol. The van der Waals surface area contributed by atoms with Gasteiger partial charge in [-0.1, -0.05) is 0 Å². The molecule has 0 aliphatic heterocycles. The molecule has 0 aliphatic rings. The molecule has 0 saturated heterocycles. The van der Waals surface area contributed by atoms with Gasteiger partial charge in [-0.25, -0.2) is 4.79 Å². The number of aromatic nitrogens is 1. The molecule has 0 spiro atoms. The first-order valence-electron chi connectivity index (χ1n) is 5.20. The zero-order valence-corrected chi connectivity index (χ0v) is 10.1. The van der Waals surface area contributed by atoms with E-state index < -0.39 is 0 Å². The minimum atomic E-state index is -0.256. The largest absolute Gasteiger partial charge is 0.459 e. The summed E-state index contributed by atoms with van der Waals surface area (Å²) < 4.78 is 7.11. The van der Waals surface area contributed by atoms with Crippen LogP contribution in [0.3, 0.4) is 0 Å². The van der Waals surface area contributed by atoms with Crippen LogP contribution in [-0.2, 0) is 10.3 Å². The van der Waals surface area contributed by atoms with Crippen molar-refractivity contribution in [2.24, 2.45) is 0 Å². The first kappa shape index (κ1) is 11.8. The van der Waals surface area contributed by atoms with Crippen LogP contribution in [0.15, 0.2) is 18.5 Å². The summed E-state index contributed by atoms with van der Waals surface area (Å²) in [6, 6.07) is 1.79. The molecule has 0 amide bonds. The molecule has 0 radical (unpaired) electrons. The number of hydrogen-bond donors (Lipinski definition) is 0. The minimum Gasteiger partial charge on any atom is -0.459 e. The summed E-state index contributed by atoms with van der Waals surface area (Å²) in [5.41, 5.74) is 0.606. The van der Waals surface area contributed by atoms with Crippen LogP contribution in [0, 0.1) is 0 Å². The first-order chi connectivity index (χ1) is 6.80. The normalized spacial score (nSPS) is 11.9. The molecule has 3 heteroatoms. The molecule has 1 aromatic heterocycles. The summed E-state index contributed by atoms with van der Waals surface area (Å²) in [5, 5.41) is 0. The molecule has 0 aromatic carbocycles. The highest BCUT2D eigenvalue weighted by Crippen LogP contribution is 2.16. The molecule has 0 N–H and O–H groups in total. The Kier molecular flexibility index (Phi) is 3.22. The summed E-state index contributed by atoms with van der Waals surface area (Å²) in [5.74, 6) is -0.256. The molecular formula is C12H19NO2. The molecule has 1 aromatic rings. The monoisotopic (exact) mass is 209 g/mol. The van der Waals surface area contributed by atoms with Gasteiger partial charge in [0.25, 0.3) is 0 Å². The Labute approximate surface area is 91.0 Å². The maximum atomic E-state index is 11.6. The van der Waals surface area contributed by atoms with E-state index in [1.54, 1.807) is 6.07 Å². The molecular weight excluding hydrogens is 190 g/mol. The van der Waals surface area contributed by atoms with Gasteiger partial charge in [0, 0.05) is 17.9 Å². The first-order valence-corrected chi connectivity index (χ1v) is 5.20. The van der Waals surface area contributed by atoms with Crippen molar-refractivity contribution in [2.45, 2.75) is 46.3 Å². The van der Waals surface area contributed by atoms with Crippen molar-refractivity contribution in [2.75, 3.05) is 0 Å². The van der Waals surface area contributed by atoms with Gasteiger partial charge in [-0.05, 0) is 40.7 Å². The van der Waals surface area contributed by atoms with Crippen molar-refractivity contribution < 1.29 is 9.53 Å². The molecule has 0 bridgehead atoms. The summed E-state index contributed by atoms with van der Waals surface area (Å²) in [4.78, 5) is 11.6. The fraction of sp³-hybridized carbons (Fsp3) is 0.583. The van der Waals surface area contributed by atoms with Gasteiger partial charge >= 0.3 is 5.97 Å². The van der Waals surface area contributed by atoms with Crippen LogP contribution in [0.2, 0.25) is 0 Å². The Hall–Kier alpha value is -1.25. The number of carbonyl (C=O) groups excluding carboxylic acids is 1.